The monoisotopic (exact) mass is 480 g/mol. The van der Waals surface area contributed by atoms with Crippen molar-refractivity contribution in [1.82, 2.24) is 4.57 Å². The highest BCUT2D eigenvalue weighted by Gasteiger charge is 2.21. The highest BCUT2D eigenvalue weighted by Crippen LogP contribution is 2.20. The van der Waals surface area contributed by atoms with Crippen molar-refractivity contribution in [1.29, 1.82) is 5.26 Å². The van der Waals surface area contributed by atoms with Crippen molar-refractivity contribution in [2.75, 3.05) is 18.1 Å². The number of rotatable bonds is 8. The second-order valence-corrected chi connectivity index (χ2v) is 9.17. The van der Waals surface area contributed by atoms with Gasteiger partial charge in [-0.3, -0.25) is 9.69 Å². The topological polar surface area (TPSA) is 135 Å². The van der Waals surface area contributed by atoms with Gasteiger partial charge in [0.25, 0.3) is 5.91 Å². The largest absolute Gasteiger partial charge is 0.452 e. The number of anilines is 1. The van der Waals surface area contributed by atoms with E-state index in [1.807, 2.05) is 17.6 Å². The average molecular weight is 481 g/mol. The van der Waals surface area contributed by atoms with E-state index in [9.17, 15) is 18.0 Å². The van der Waals surface area contributed by atoms with E-state index in [4.69, 9.17) is 15.1 Å². The average Bonchev–Trinajstić information content (AvgIpc) is 3.09. The van der Waals surface area contributed by atoms with Crippen LogP contribution in [0.4, 0.5) is 5.69 Å². The fourth-order valence-corrected chi connectivity index (χ4v) is 4.02. The molecule has 0 saturated heterocycles. The van der Waals surface area contributed by atoms with E-state index in [1.54, 1.807) is 55.5 Å². The van der Waals surface area contributed by atoms with Crippen molar-refractivity contribution in [3.05, 3.63) is 83.2 Å². The quantitative estimate of drug-likeness (QED) is 0.389. The number of carbonyl (C=O) groups excluding carboxylic acids is 2. The molecular weight excluding hydrogens is 456 g/mol. The van der Waals surface area contributed by atoms with E-state index in [2.05, 4.69) is 0 Å². The van der Waals surface area contributed by atoms with Gasteiger partial charge in [-0.2, -0.15) is 5.26 Å². The molecular formula is C24H24N4O5S. The van der Waals surface area contributed by atoms with Crippen molar-refractivity contribution in [2.45, 2.75) is 25.3 Å². The predicted molar refractivity (Wildman–Crippen MR) is 126 cm³/mol. The highest BCUT2D eigenvalue weighted by molar-refractivity contribution is 7.89. The van der Waals surface area contributed by atoms with Crippen molar-refractivity contribution in [2.24, 2.45) is 5.14 Å². The first-order chi connectivity index (χ1) is 16.1. The molecule has 176 valence electrons. The first kappa shape index (κ1) is 24.7. The summed E-state index contributed by atoms with van der Waals surface area (Å²) in [7, 11) is -3.77. The van der Waals surface area contributed by atoms with E-state index in [1.165, 1.54) is 17.0 Å². The van der Waals surface area contributed by atoms with Gasteiger partial charge in [-0.1, -0.05) is 30.3 Å². The third-order valence-electron chi connectivity index (χ3n) is 5.31. The third-order valence-corrected chi connectivity index (χ3v) is 6.24. The highest BCUT2D eigenvalue weighted by atomic mass is 32.2. The maximum absolute atomic E-state index is 12.7. The third kappa shape index (κ3) is 5.70. The lowest BCUT2D eigenvalue weighted by molar-refractivity contribution is -0.121. The van der Waals surface area contributed by atoms with Gasteiger partial charge in [0.05, 0.1) is 16.5 Å². The van der Waals surface area contributed by atoms with Crippen LogP contribution in [-0.4, -0.2) is 38.0 Å². The number of nitrogens with two attached hydrogens (primary N) is 1. The maximum atomic E-state index is 12.7. The minimum absolute atomic E-state index is 0.0204. The second kappa shape index (κ2) is 10.3. The molecule has 3 aromatic rings. The Kier molecular flexibility index (Phi) is 7.50. The van der Waals surface area contributed by atoms with Gasteiger partial charge in [0.15, 0.2) is 6.61 Å². The van der Waals surface area contributed by atoms with Gasteiger partial charge < -0.3 is 9.30 Å². The van der Waals surface area contributed by atoms with Crippen LogP contribution in [0.2, 0.25) is 0 Å². The SMILES string of the molecule is Cc1cc(C(=O)OCC(=O)N(CC#N)c2ccccc2)c(C)n1Cc1ccc(S(N)(=O)=O)cc1. The Morgan fingerprint density at radius 2 is 1.74 bits per heavy atom. The summed E-state index contributed by atoms with van der Waals surface area (Å²) in [6.07, 6.45) is 0. The molecule has 0 aliphatic heterocycles. The van der Waals surface area contributed by atoms with Crippen LogP contribution in [0.25, 0.3) is 0 Å². The maximum Gasteiger partial charge on any atom is 0.340 e. The van der Waals surface area contributed by atoms with E-state index in [0.717, 1.165) is 11.3 Å². The number of primary sulfonamides is 1. The van der Waals surface area contributed by atoms with E-state index in [0.29, 0.717) is 23.5 Å². The summed E-state index contributed by atoms with van der Waals surface area (Å²) >= 11 is 0. The van der Waals surface area contributed by atoms with Crippen LogP contribution in [0.3, 0.4) is 0 Å². The zero-order chi connectivity index (χ0) is 24.9. The normalized spacial score (nSPS) is 11.0. The van der Waals surface area contributed by atoms with E-state index >= 15 is 0 Å². The number of aryl methyl sites for hydroxylation is 1. The molecule has 2 aromatic carbocycles. The minimum atomic E-state index is -3.77. The fourth-order valence-electron chi connectivity index (χ4n) is 3.50. The number of sulfonamides is 1. The minimum Gasteiger partial charge on any atom is -0.452 e. The molecule has 0 bridgehead atoms. The summed E-state index contributed by atoms with van der Waals surface area (Å²) in [6.45, 7) is 3.32. The summed E-state index contributed by atoms with van der Waals surface area (Å²) in [4.78, 5) is 26.6. The number of hydrogen-bond donors (Lipinski definition) is 1. The number of hydrogen-bond acceptors (Lipinski definition) is 6. The zero-order valence-corrected chi connectivity index (χ0v) is 19.6. The van der Waals surface area contributed by atoms with Gasteiger partial charge in [-0.25, -0.2) is 18.4 Å². The van der Waals surface area contributed by atoms with Gasteiger partial charge >= 0.3 is 5.97 Å². The smallest absolute Gasteiger partial charge is 0.340 e. The van der Waals surface area contributed by atoms with Crippen LogP contribution in [0.5, 0.6) is 0 Å². The van der Waals surface area contributed by atoms with Crippen LogP contribution < -0.4 is 10.0 Å². The number of esters is 1. The number of aromatic nitrogens is 1. The van der Waals surface area contributed by atoms with Gasteiger partial charge in [-0.05, 0) is 49.7 Å². The Labute approximate surface area is 198 Å². The summed E-state index contributed by atoms with van der Waals surface area (Å²) in [5.74, 6) is -1.16. The van der Waals surface area contributed by atoms with Crippen LogP contribution in [-0.2, 0) is 26.1 Å². The molecule has 2 N–H and O–H groups in total. The van der Waals surface area contributed by atoms with Crippen LogP contribution in [0, 0.1) is 25.2 Å². The number of benzene rings is 2. The number of ether oxygens (including phenoxy) is 1. The molecule has 1 heterocycles. The molecule has 0 fully saturated rings. The summed E-state index contributed by atoms with van der Waals surface area (Å²) < 4.78 is 30.0. The Morgan fingerprint density at radius 1 is 1.09 bits per heavy atom. The Balaban J connectivity index is 1.71. The van der Waals surface area contributed by atoms with Crippen molar-refractivity contribution in [3.8, 4) is 6.07 Å². The number of amides is 1. The van der Waals surface area contributed by atoms with Crippen LogP contribution >= 0.6 is 0 Å². The molecule has 34 heavy (non-hydrogen) atoms. The Morgan fingerprint density at radius 3 is 2.32 bits per heavy atom. The lowest BCUT2D eigenvalue weighted by Gasteiger charge is -2.19. The molecule has 0 spiro atoms. The van der Waals surface area contributed by atoms with Gasteiger partial charge in [0.2, 0.25) is 10.0 Å². The number of para-hydroxylation sites is 1. The molecule has 3 rings (SSSR count). The second-order valence-electron chi connectivity index (χ2n) is 7.61. The lowest BCUT2D eigenvalue weighted by Crippen LogP contribution is -2.35. The summed E-state index contributed by atoms with van der Waals surface area (Å²) in [5.41, 5.74) is 3.11. The number of carbonyl (C=O) groups is 2. The molecule has 10 heteroatoms. The molecule has 0 atom stereocenters. The Hall–Kier alpha value is -3.94. The number of nitrogens with zero attached hydrogens (tertiary/aromatic N) is 3. The van der Waals surface area contributed by atoms with Gasteiger partial charge in [0.1, 0.15) is 6.54 Å². The molecule has 0 aliphatic rings. The van der Waals surface area contributed by atoms with Crippen molar-refractivity contribution < 1.29 is 22.7 Å². The van der Waals surface area contributed by atoms with Crippen molar-refractivity contribution in [3.63, 3.8) is 0 Å². The molecule has 1 aromatic heterocycles. The molecule has 0 radical (unpaired) electrons. The lowest BCUT2D eigenvalue weighted by atomic mass is 10.2. The van der Waals surface area contributed by atoms with E-state index < -0.39 is 28.5 Å². The van der Waals surface area contributed by atoms with Crippen LogP contribution in [0.1, 0.15) is 27.3 Å². The Bertz CT molecular complexity index is 1340. The molecule has 9 nitrogen and oxygen atoms in total. The van der Waals surface area contributed by atoms with Gasteiger partial charge in [-0.15, -0.1) is 0 Å². The van der Waals surface area contributed by atoms with E-state index in [-0.39, 0.29) is 11.4 Å². The van der Waals surface area contributed by atoms with Crippen molar-refractivity contribution >= 4 is 27.6 Å². The van der Waals surface area contributed by atoms with Gasteiger partial charge in [0, 0.05) is 23.6 Å². The first-order valence-electron chi connectivity index (χ1n) is 10.3. The van der Waals surface area contributed by atoms with Crippen LogP contribution in [0.15, 0.2) is 65.6 Å². The first-order valence-corrected chi connectivity index (χ1v) is 11.8. The predicted octanol–water partition coefficient (Wildman–Crippen LogP) is 2.51. The molecule has 0 aliphatic carbocycles. The zero-order valence-electron chi connectivity index (χ0n) is 18.8. The fraction of sp³-hybridized carbons (Fsp3) is 0.208. The molecule has 0 unspecified atom stereocenters. The summed E-state index contributed by atoms with van der Waals surface area (Å²) in [5, 5.41) is 14.2. The summed E-state index contributed by atoms with van der Waals surface area (Å²) in [6, 6.07) is 18.5. The molecule has 0 saturated carbocycles. The number of nitriles is 1. The molecule has 1 amide bonds. The standard InChI is InChI=1S/C24H24N4O5S/c1-17-14-22(18(2)28(17)15-19-8-10-21(11-9-19)34(26,31)32)24(30)33-16-23(29)27(13-12-25)20-6-4-3-5-7-20/h3-11,14H,13,15-16H2,1-2H3,(H2,26,31,32).